The van der Waals surface area contributed by atoms with Gasteiger partial charge in [0.1, 0.15) is 12.3 Å². The van der Waals surface area contributed by atoms with Crippen LogP contribution in [-0.4, -0.2) is 86.8 Å². The smallest absolute Gasteiger partial charge is 0.406 e. The first-order valence-corrected chi connectivity index (χ1v) is 17.7. The predicted molar refractivity (Wildman–Crippen MR) is 179 cm³/mol. The molecule has 3 N–H and O–H groups in total. The zero-order chi connectivity index (χ0) is 34.0. The van der Waals surface area contributed by atoms with E-state index in [9.17, 15) is 26.4 Å². The molecule has 1 aliphatic heterocycles. The third kappa shape index (κ3) is 7.65. The van der Waals surface area contributed by atoms with Crippen molar-refractivity contribution in [2.24, 2.45) is 0 Å². The molecule has 3 aromatic rings. The fraction of sp³-hybridized carbons (Fsp3) is 0.500. The van der Waals surface area contributed by atoms with Gasteiger partial charge in [-0.05, 0) is 74.4 Å². The zero-order valence-corrected chi connectivity index (χ0v) is 27.9. The molecule has 0 atom stereocenters. The van der Waals surface area contributed by atoms with Gasteiger partial charge in [0.25, 0.3) is 5.91 Å². The Hall–Kier alpha value is -3.89. The molecule has 5 rings (SSSR count). The van der Waals surface area contributed by atoms with Crippen LogP contribution in [0.15, 0.2) is 42.5 Å². The number of hydrogen-bond donors (Lipinski definition) is 3. The number of benzene rings is 2. The average Bonchev–Trinajstić information content (AvgIpc) is 3.34. The maximum Gasteiger partial charge on any atom is 0.406 e. The van der Waals surface area contributed by atoms with Gasteiger partial charge in [0.15, 0.2) is 9.84 Å². The third-order valence-corrected chi connectivity index (χ3v) is 11.1. The number of ether oxygens (including phenoxy) is 1. The number of alkyl halides is 3. The number of nitrogens with zero attached hydrogens (tertiary/aromatic N) is 2. The van der Waals surface area contributed by atoms with E-state index in [0.29, 0.717) is 41.0 Å². The van der Waals surface area contributed by atoms with Gasteiger partial charge in [-0.1, -0.05) is 18.9 Å². The Balaban J connectivity index is 1.31. The summed E-state index contributed by atoms with van der Waals surface area (Å²) in [6, 6.07) is 12.1. The molecular weight excluding hydrogens is 631 g/mol. The highest BCUT2D eigenvalue weighted by atomic mass is 32.2. The largest absolute Gasteiger partial charge is 0.495 e. The van der Waals surface area contributed by atoms with Crippen molar-refractivity contribution >= 4 is 38.0 Å². The number of fused-ring (bicyclic) bond motifs is 1. The number of likely N-dealkylation sites (tertiary alicyclic amines) is 1. The first-order chi connectivity index (χ1) is 22.3. The summed E-state index contributed by atoms with van der Waals surface area (Å²) in [4.78, 5) is 14.3. The molecule has 0 radical (unpaired) electrons. The summed E-state index contributed by atoms with van der Waals surface area (Å²) in [6.45, 7) is 2.28. The normalized spacial score (nSPS) is 20.6. The molecule has 2 aliphatic rings. The molecule has 2 fully saturated rings. The molecule has 1 amide bonds. The van der Waals surface area contributed by atoms with Crippen LogP contribution >= 0.6 is 0 Å². The van der Waals surface area contributed by atoms with Crippen LogP contribution in [0.4, 0.5) is 24.5 Å². The van der Waals surface area contributed by atoms with Crippen LogP contribution in [-0.2, 0) is 16.4 Å². The minimum atomic E-state index is -4.44. The van der Waals surface area contributed by atoms with E-state index in [2.05, 4.69) is 39.6 Å². The summed E-state index contributed by atoms with van der Waals surface area (Å²) in [5.41, 5.74) is 2.47. The van der Waals surface area contributed by atoms with E-state index in [1.165, 1.54) is 25.0 Å². The maximum atomic E-state index is 13.7. The van der Waals surface area contributed by atoms with Crippen molar-refractivity contribution in [3.63, 3.8) is 0 Å². The Morgan fingerprint density at radius 3 is 2.45 bits per heavy atom. The summed E-state index contributed by atoms with van der Waals surface area (Å²) in [6.07, 6.45) is 1.40. The van der Waals surface area contributed by atoms with Crippen LogP contribution < -0.4 is 20.7 Å². The van der Waals surface area contributed by atoms with Crippen molar-refractivity contribution in [2.45, 2.75) is 68.6 Å². The quantitative estimate of drug-likeness (QED) is 0.252. The number of anilines is 2. The van der Waals surface area contributed by atoms with Gasteiger partial charge in [0, 0.05) is 54.6 Å². The fourth-order valence-electron chi connectivity index (χ4n) is 6.77. The molecule has 0 bridgehead atoms. The van der Waals surface area contributed by atoms with Gasteiger partial charge < -0.3 is 25.3 Å². The average molecular weight is 674 g/mol. The highest BCUT2D eigenvalue weighted by molar-refractivity contribution is 7.91. The van der Waals surface area contributed by atoms with Crippen molar-refractivity contribution in [3.8, 4) is 17.6 Å². The van der Waals surface area contributed by atoms with Gasteiger partial charge in [-0.3, -0.25) is 9.69 Å². The molecule has 1 aliphatic carbocycles. The van der Waals surface area contributed by atoms with Crippen molar-refractivity contribution in [2.75, 3.05) is 50.7 Å². The molecule has 2 heterocycles. The summed E-state index contributed by atoms with van der Waals surface area (Å²) in [5.74, 6) is 6.06. The second-order valence-electron chi connectivity index (χ2n) is 12.5. The molecule has 1 saturated heterocycles. The van der Waals surface area contributed by atoms with Crippen LogP contribution in [0.5, 0.6) is 5.75 Å². The predicted octanol–water partition coefficient (Wildman–Crippen LogP) is 5.27. The third-order valence-electron chi connectivity index (χ3n) is 9.62. The zero-order valence-electron chi connectivity index (χ0n) is 27.1. The number of sulfone groups is 1. The highest BCUT2D eigenvalue weighted by Gasteiger charge is 2.47. The standard InChI is InChI=1S/C34H42F3N5O4S/c1-5-33(41-20-26(21-41)47(4,44)45)15-13-24(14-16-33)40-28-9-6-10-30-27(28)19-25(42(30)22-34(35,36)37)8-7-17-39-29-12-11-23(32(43)38-2)18-31(29)46-3/h6,9-12,18-19,24,26,39-40H,5,13-17,20-22H2,1-4H3,(H,38,43)/t24-,33-. The van der Waals surface area contributed by atoms with E-state index in [4.69, 9.17) is 4.74 Å². The lowest BCUT2D eigenvalue weighted by Gasteiger charge is -2.54. The van der Waals surface area contributed by atoms with Crippen molar-refractivity contribution in [1.82, 2.24) is 14.8 Å². The van der Waals surface area contributed by atoms with E-state index in [1.54, 1.807) is 36.4 Å². The Morgan fingerprint density at radius 2 is 1.83 bits per heavy atom. The molecule has 0 spiro atoms. The second-order valence-corrected chi connectivity index (χ2v) is 14.8. The highest BCUT2D eigenvalue weighted by Crippen LogP contribution is 2.41. The van der Waals surface area contributed by atoms with Crippen molar-refractivity contribution in [1.29, 1.82) is 0 Å². The Kier molecular flexibility index (Phi) is 10.0. The van der Waals surface area contributed by atoms with Gasteiger partial charge in [-0.25, -0.2) is 8.42 Å². The van der Waals surface area contributed by atoms with Crippen LogP contribution in [0.1, 0.15) is 55.1 Å². The molecule has 47 heavy (non-hydrogen) atoms. The van der Waals surface area contributed by atoms with Gasteiger partial charge in [-0.2, -0.15) is 13.2 Å². The number of methoxy groups -OCH3 is 1. The monoisotopic (exact) mass is 673 g/mol. The number of carbonyl (C=O) groups is 1. The van der Waals surface area contributed by atoms with Gasteiger partial charge >= 0.3 is 6.18 Å². The lowest BCUT2D eigenvalue weighted by molar-refractivity contribution is -0.140. The SMILES string of the molecule is CC[C@]1(N2CC(S(C)(=O)=O)C2)CC[C@H](Nc2cccc3c2cc(C#CCNc2ccc(C(=O)NC)cc2OC)n3CC(F)(F)F)CC1. The minimum Gasteiger partial charge on any atom is -0.495 e. The molecule has 1 aromatic heterocycles. The molecule has 13 heteroatoms. The van der Waals surface area contributed by atoms with Crippen LogP contribution in [0, 0.1) is 11.8 Å². The van der Waals surface area contributed by atoms with Gasteiger partial charge in [0.2, 0.25) is 0 Å². The molecule has 1 saturated carbocycles. The fourth-order valence-corrected chi connectivity index (χ4v) is 7.67. The number of rotatable bonds is 10. The molecular formula is C34H42F3N5O4S. The van der Waals surface area contributed by atoms with Crippen molar-refractivity contribution < 1.29 is 31.1 Å². The van der Waals surface area contributed by atoms with E-state index >= 15 is 0 Å². The summed E-state index contributed by atoms with van der Waals surface area (Å²) >= 11 is 0. The summed E-state index contributed by atoms with van der Waals surface area (Å²) in [5, 5.41) is 9.66. The number of aromatic nitrogens is 1. The first kappa shape index (κ1) is 34.4. The summed E-state index contributed by atoms with van der Waals surface area (Å²) < 4.78 is 71.7. The van der Waals surface area contributed by atoms with E-state index in [1.807, 2.05) is 6.07 Å². The number of carbonyl (C=O) groups excluding carboxylic acids is 1. The van der Waals surface area contributed by atoms with Gasteiger partial charge in [0.05, 0.1) is 35.8 Å². The maximum absolute atomic E-state index is 13.7. The lowest BCUT2D eigenvalue weighted by Crippen LogP contribution is -2.65. The number of hydrogen-bond acceptors (Lipinski definition) is 7. The van der Waals surface area contributed by atoms with Crippen molar-refractivity contribution in [3.05, 3.63) is 53.7 Å². The summed E-state index contributed by atoms with van der Waals surface area (Å²) in [7, 11) is -0.0238. The van der Waals surface area contributed by atoms with Crippen LogP contribution in [0.2, 0.25) is 0 Å². The Labute approximate surface area is 274 Å². The van der Waals surface area contributed by atoms with Crippen LogP contribution in [0.25, 0.3) is 10.9 Å². The lowest BCUT2D eigenvalue weighted by atomic mass is 9.75. The van der Waals surface area contributed by atoms with E-state index < -0.39 is 22.6 Å². The Bertz CT molecular complexity index is 1780. The van der Waals surface area contributed by atoms with Crippen LogP contribution in [0.3, 0.4) is 0 Å². The molecule has 254 valence electrons. The number of amides is 1. The molecule has 2 aromatic carbocycles. The Morgan fingerprint density at radius 1 is 1.11 bits per heavy atom. The minimum absolute atomic E-state index is 0.0194. The second kappa shape index (κ2) is 13.7. The topological polar surface area (TPSA) is 105 Å². The van der Waals surface area contributed by atoms with E-state index in [0.717, 1.165) is 37.8 Å². The van der Waals surface area contributed by atoms with Gasteiger partial charge in [-0.15, -0.1) is 0 Å². The van der Waals surface area contributed by atoms with E-state index in [-0.39, 0.29) is 35.0 Å². The number of nitrogens with one attached hydrogen (secondary N) is 3. The molecule has 0 unspecified atom stereocenters. The number of halogens is 3. The first-order valence-electron chi connectivity index (χ1n) is 15.8. The molecule has 9 nitrogen and oxygen atoms in total.